The van der Waals surface area contributed by atoms with Crippen LogP contribution in [-0.4, -0.2) is 45.6 Å². The SMILES string of the molecule is Cc1ncc(C(=O)N(C)C[C@@H](O)Cc2ccccc2)cc1C#Cc1cncs1. The average molecular weight is 391 g/mol. The Kier molecular flexibility index (Phi) is 6.53. The molecular formula is C22H21N3O2S. The van der Waals surface area contributed by atoms with Gasteiger partial charge in [-0.15, -0.1) is 11.3 Å². The van der Waals surface area contributed by atoms with Crippen LogP contribution >= 0.6 is 11.3 Å². The van der Waals surface area contributed by atoms with Crippen LogP contribution in [0.25, 0.3) is 0 Å². The van der Waals surface area contributed by atoms with Crippen molar-refractivity contribution in [1.82, 2.24) is 14.9 Å². The summed E-state index contributed by atoms with van der Waals surface area (Å²) in [5, 5.41) is 10.3. The number of thiazole rings is 1. The monoisotopic (exact) mass is 391 g/mol. The van der Waals surface area contributed by atoms with Crippen LogP contribution in [0, 0.1) is 18.8 Å². The first-order valence-corrected chi connectivity index (χ1v) is 9.75. The van der Waals surface area contributed by atoms with Gasteiger partial charge in [-0.25, -0.2) is 0 Å². The van der Waals surface area contributed by atoms with E-state index >= 15 is 0 Å². The van der Waals surface area contributed by atoms with Crippen LogP contribution in [0.1, 0.15) is 32.1 Å². The fraction of sp³-hybridized carbons (Fsp3) is 0.227. The molecule has 0 aliphatic rings. The normalized spacial score (nSPS) is 11.4. The summed E-state index contributed by atoms with van der Waals surface area (Å²) < 4.78 is 0. The zero-order chi connectivity index (χ0) is 19.9. The number of pyridine rings is 1. The molecule has 0 aliphatic carbocycles. The molecule has 1 N–H and O–H groups in total. The number of hydrogen-bond acceptors (Lipinski definition) is 5. The zero-order valence-electron chi connectivity index (χ0n) is 15.8. The number of likely N-dealkylation sites (N-methyl/N-ethyl adjacent to an activating group) is 1. The quantitative estimate of drug-likeness (QED) is 0.679. The molecule has 1 aromatic carbocycles. The number of aromatic nitrogens is 2. The molecular weight excluding hydrogens is 370 g/mol. The van der Waals surface area contributed by atoms with Gasteiger partial charge in [-0.05, 0) is 24.5 Å². The number of aliphatic hydroxyl groups is 1. The van der Waals surface area contributed by atoms with Crippen LogP contribution in [-0.2, 0) is 6.42 Å². The fourth-order valence-corrected chi connectivity index (χ4v) is 3.22. The van der Waals surface area contributed by atoms with Crippen molar-refractivity contribution < 1.29 is 9.90 Å². The molecule has 142 valence electrons. The Balaban J connectivity index is 1.68. The lowest BCUT2D eigenvalue weighted by Gasteiger charge is -2.21. The Morgan fingerprint density at radius 2 is 2.04 bits per heavy atom. The first-order valence-electron chi connectivity index (χ1n) is 8.87. The lowest BCUT2D eigenvalue weighted by molar-refractivity contribution is 0.0681. The van der Waals surface area contributed by atoms with Gasteiger partial charge < -0.3 is 10.0 Å². The summed E-state index contributed by atoms with van der Waals surface area (Å²) in [4.78, 5) is 23.4. The summed E-state index contributed by atoms with van der Waals surface area (Å²) in [5.74, 6) is 5.90. The predicted molar refractivity (Wildman–Crippen MR) is 110 cm³/mol. The van der Waals surface area contributed by atoms with Crippen molar-refractivity contribution in [2.45, 2.75) is 19.4 Å². The molecule has 0 fully saturated rings. The van der Waals surface area contributed by atoms with E-state index in [9.17, 15) is 9.90 Å². The molecule has 3 rings (SSSR count). The molecule has 0 aliphatic heterocycles. The third-order valence-electron chi connectivity index (χ3n) is 4.23. The standard InChI is InChI=1S/C22H21N3O2S/c1-16-18(8-9-21-13-23-15-28-21)11-19(12-24-16)22(27)25(2)14-20(26)10-17-6-4-3-5-7-17/h3-7,11-13,15,20,26H,10,14H2,1-2H3/t20-/m0/s1. The van der Waals surface area contributed by atoms with Crippen molar-refractivity contribution in [2.75, 3.05) is 13.6 Å². The van der Waals surface area contributed by atoms with Gasteiger partial charge in [0.2, 0.25) is 0 Å². The van der Waals surface area contributed by atoms with Crippen LogP contribution < -0.4 is 0 Å². The Morgan fingerprint density at radius 3 is 2.75 bits per heavy atom. The largest absolute Gasteiger partial charge is 0.391 e. The number of rotatable bonds is 5. The molecule has 3 aromatic rings. The maximum atomic E-state index is 12.7. The van der Waals surface area contributed by atoms with Gasteiger partial charge in [0.05, 0.1) is 33.9 Å². The van der Waals surface area contributed by atoms with Crippen molar-refractivity contribution in [3.05, 3.63) is 81.6 Å². The van der Waals surface area contributed by atoms with Crippen molar-refractivity contribution in [2.24, 2.45) is 0 Å². The van der Waals surface area contributed by atoms with E-state index in [2.05, 4.69) is 21.8 Å². The molecule has 2 aromatic heterocycles. The second-order valence-corrected chi connectivity index (χ2v) is 7.39. The van der Waals surface area contributed by atoms with Crippen molar-refractivity contribution >= 4 is 17.2 Å². The molecule has 28 heavy (non-hydrogen) atoms. The van der Waals surface area contributed by atoms with Gasteiger partial charge in [0, 0.05) is 31.8 Å². The highest BCUT2D eigenvalue weighted by molar-refractivity contribution is 7.10. The minimum Gasteiger partial charge on any atom is -0.391 e. The molecule has 5 nitrogen and oxygen atoms in total. The van der Waals surface area contributed by atoms with Gasteiger partial charge >= 0.3 is 0 Å². The smallest absolute Gasteiger partial charge is 0.255 e. The van der Waals surface area contributed by atoms with Crippen molar-refractivity contribution in [3.63, 3.8) is 0 Å². The summed E-state index contributed by atoms with van der Waals surface area (Å²) in [7, 11) is 1.68. The number of hydrogen-bond donors (Lipinski definition) is 1. The van der Waals surface area contributed by atoms with Crippen molar-refractivity contribution in [3.8, 4) is 11.8 Å². The third kappa shape index (κ3) is 5.26. The molecule has 6 heteroatoms. The summed E-state index contributed by atoms with van der Waals surface area (Å²) in [6.45, 7) is 2.10. The van der Waals surface area contributed by atoms with Crippen LogP contribution in [0.3, 0.4) is 0 Å². The van der Waals surface area contributed by atoms with E-state index in [-0.39, 0.29) is 12.5 Å². The Morgan fingerprint density at radius 1 is 1.25 bits per heavy atom. The first kappa shape index (κ1) is 19.7. The van der Waals surface area contributed by atoms with E-state index in [1.54, 1.807) is 31.0 Å². The van der Waals surface area contributed by atoms with Crippen LogP contribution in [0.2, 0.25) is 0 Å². The van der Waals surface area contributed by atoms with E-state index in [1.165, 1.54) is 16.2 Å². The molecule has 2 heterocycles. The van der Waals surface area contributed by atoms with E-state index in [4.69, 9.17) is 0 Å². The van der Waals surface area contributed by atoms with E-state index in [1.807, 2.05) is 37.3 Å². The maximum absolute atomic E-state index is 12.7. The highest BCUT2D eigenvalue weighted by atomic mass is 32.1. The molecule has 0 radical (unpaired) electrons. The number of carbonyl (C=O) groups excluding carboxylic acids is 1. The van der Waals surface area contributed by atoms with Gasteiger partial charge in [0.15, 0.2) is 0 Å². The topological polar surface area (TPSA) is 66.3 Å². The van der Waals surface area contributed by atoms with Gasteiger partial charge in [0.1, 0.15) is 0 Å². The second-order valence-electron chi connectivity index (χ2n) is 6.50. The molecule has 1 atom stereocenters. The minimum atomic E-state index is -0.639. The molecule has 0 spiro atoms. The number of nitrogens with zero attached hydrogens (tertiary/aromatic N) is 3. The van der Waals surface area contributed by atoms with Crippen LogP contribution in [0.15, 0.2) is 54.3 Å². The second kappa shape index (κ2) is 9.27. The lowest BCUT2D eigenvalue weighted by Crippen LogP contribution is -2.35. The number of carbonyl (C=O) groups is 1. The molecule has 0 saturated heterocycles. The number of aryl methyl sites for hydroxylation is 1. The molecule has 0 saturated carbocycles. The first-order chi connectivity index (χ1) is 13.5. The average Bonchev–Trinajstić information content (AvgIpc) is 3.21. The highest BCUT2D eigenvalue weighted by Crippen LogP contribution is 2.12. The Hall–Kier alpha value is -3.01. The Labute approximate surface area is 168 Å². The van der Waals surface area contributed by atoms with E-state index < -0.39 is 6.10 Å². The summed E-state index contributed by atoms with van der Waals surface area (Å²) in [6, 6.07) is 11.5. The molecule has 1 amide bonds. The summed E-state index contributed by atoms with van der Waals surface area (Å²) >= 11 is 1.46. The van der Waals surface area contributed by atoms with Gasteiger partial charge in [-0.3, -0.25) is 14.8 Å². The van der Waals surface area contributed by atoms with Gasteiger partial charge in [-0.2, -0.15) is 0 Å². The number of amides is 1. The van der Waals surface area contributed by atoms with Gasteiger partial charge in [0.25, 0.3) is 5.91 Å². The summed E-state index contributed by atoms with van der Waals surface area (Å²) in [6.07, 6.45) is 3.11. The van der Waals surface area contributed by atoms with E-state index in [0.717, 1.165) is 16.1 Å². The number of aliphatic hydroxyl groups excluding tert-OH is 1. The maximum Gasteiger partial charge on any atom is 0.255 e. The Bertz CT molecular complexity index is 992. The van der Waals surface area contributed by atoms with E-state index in [0.29, 0.717) is 17.5 Å². The molecule has 0 bridgehead atoms. The zero-order valence-corrected chi connectivity index (χ0v) is 16.6. The minimum absolute atomic E-state index is 0.194. The fourth-order valence-electron chi connectivity index (χ4n) is 2.75. The van der Waals surface area contributed by atoms with Crippen molar-refractivity contribution in [1.29, 1.82) is 0 Å². The van der Waals surface area contributed by atoms with Gasteiger partial charge in [-0.1, -0.05) is 36.3 Å². The third-order valence-corrected chi connectivity index (χ3v) is 4.92. The van der Waals surface area contributed by atoms with Crippen LogP contribution in [0.4, 0.5) is 0 Å². The lowest BCUT2D eigenvalue weighted by atomic mass is 10.1. The highest BCUT2D eigenvalue weighted by Gasteiger charge is 2.17. The predicted octanol–water partition coefficient (Wildman–Crippen LogP) is 2.92. The summed E-state index contributed by atoms with van der Waals surface area (Å²) in [5.41, 5.74) is 4.69. The number of benzene rings is 1. The molecule has 0 unspecified atom stereocenters. The van der Waals surface area contributed by atoms with Crippen LogP contribution in [0.5, 0.6) is 0 Å².